The van der Waals surface area contributed by atoms with Gasteiger partial charge in [-0.3, -0.25) is 10.1 Å². The molecule has 3 N–H and O–H groups in total. The van der Waals surface area contributed by atoms with Gasteiger partial charge in [-0.2, -0.15) is 0 Å². The zero-order valence-electron chi connectivity index (χ0n) is 14.3. The Kier molecular flexibility index (Phi) is 5.29. The van der Waals surface area contributed by atoms with Crippen LogP contribution in [0.15, 0.2) is 47.4 Å². The second-order valence-corrected chi connectivity index (χ2v) is 7.87. The molecule has 1 aliphatic heterocycles. The number of hydrogen-bond acceptors (Lipinski definition) is 6. The third-order valence-corrected chi connectivity index (χ3v) is 5.46. The Morgan fingerprint density at radius 1 is 1.15 bits per heavy atom. The average Bonchev–Trinajstić information content (AvgIpc) is 2.63. The number of primary sulfonamides is 1. The number of sulfonamides is 1. The second kappa shape index (κ2) is 7.49. The van der Waals surface area contributed by atoms with Gasteiger partial charge in [0.2, 0.25) is 10.0 Å². The maximum absolute atomic E-state index is 13.0. The molecule has 0 spiro atoms. The van der Waals surface area contributed by atoms with Gasteiger partial charge < -0.3 is 10.2 Å². The van der Waals surface area contributed by atoms with Crippen LogP contribution in [0.1, 0.15) is 12.8 Å². The molecule has 144 valence electrons. The molecule has 8 nitrogen and oxygen atoms in total. The molecular weight excluding hydrogens is 375 g/mol. The van der Waals surface area contributed by atoms with E-state index in [4.69, 9.17) is 5.14 Å². The maximum Gasteiger partial charge on any atom is 0.312 e. The van der Waals surface area contributed by atoms with Crippen LogP contribution in [0.2, 0.25) is 0 Å². The summed E-state index contributed by atoms with van der Waals surface area (Å²) in [5, 5.41) is 19.9. The van der Waals surface area contributed by atoms with Crippen molar-refractivity contribution in [1.29, 1.82) is 0 Å². The standard InChI is InChI=1S/C17H19FN4O4S/c18-12-4-6-13(7-5-12)20-14-8-10-21(11-9-14)15-2-1-3-16(27(19,25)26)17(15)22(23)24/h1-7,14,20H,8-11H2,(H2,19,25,26). The van der Waals surface area contributed by atoms with E-state index in [1.807, 2.05) is 0 Å². The van der Waals surface area contributed by atoms with Crippen molar-refractivity contribution < 1.29 is 17.7 Å². The van der Waals surface area contributed by atoms with Crippen molar-refractivity contribution in [3.8, 4) is 0 Å². The van der Waals surface area contributed by atoms with Gasteiger partial charge in [0.15, 0.2) is 4.90 Å². The number of nitrogens with one attached hydrogen (secondary N) is 1. The van der Waals surface area contributed by atoms with Crippen molar-refractivity contribution in [1.82, 2.24) is 0 Å². The highest BCUT2D eigenvalue weighted by molar-refractivity contribution is 7.89. The Hall–Kier alpha value is -2.72. The van der Waals surface area contributed by atoms with Gasteiger partial charge >= 0.3 is 5.69 Å². The fraction of sp³-hybridized carbons (Fsp3) is 0.294. The number of nitro groups is 1. The first kappa shape index (κ1) is 19.1. The van der Waals surface area contributed by atoms with Gasteiger partial charge in [-0.15, -0.1) is 0 Å². The fourth-order valence-corrected chi connectivity index (χ4v) is 3.94. The van der Waals surface area contributed by atoms with E-state index in [1.54, 1.807) is 17.0 Å². The van der Waals surface area contributed by atoms with Crippen molar-refractivity contribution in [3.05, 3.63) is 58.4 Å². The summed E-state index contributed by atoms with van der Waals surface area (Å²) in [6, 6.07) is 10.3. The van der Waals surface area contributed by atoms with Crippen LogP contribution in [-0.4, -0.2) is 32.5 Å². The van der Waals surface area contributed by atoms with Gasteiger partial charge in [0, 0.05) is 24.8 Å². The summed E-state index contributed by atoms with van der Waals surface area (Å²) in [5.74, 6) is -0.308. The molecule has 2 aromatic rings. The van der Waals surface area contributed by atoms with Gasteiger partial charge in [0.25, 0.3) is 0 Å². The van der Waals surface area contributed by atoms with Crippen molar-refractivity contribution in [2.45, 2.75) is 23.8 Å². The van der Waals surface area contributed by atoms with E-state index < -0.39 is 25.5 Å². The molecule has 1 heterocycles. The number of piperidine rings is 1. The van der Waals surface area contributed by atoms with E-state index in [9.17, 15) is 22.9 Å². The van der Waals surface area contributed by atoms with Crippen LogP contribution < -0.4 is 15.4 Å². The first-order valence-electron chi connectivity index (χ1n) is 8.33. The van der Waals surface area contributed by atoms with Crippen LogP contribution in [0, 0.1) is 15.9 Å². The number of nitrogens with two attached hydrogens (primary N) is 1. The van der Waals surface area contributed by atoms with E-state index in [0.717, 1.165) is 11.8 Å². The number of anilines is 2. The number of hydrogen-bond donors (Lipinski definition) is 2. The molecule has 0 aliphatic carbocycles. The zero-order chi connectivity index (χ0) is 19.6. The van der Waals surface area contributed by atoms with E-state index >= 15 is 0 Å². The normalized spacial score (nSPS) is 15.6. The van der Waals surface area contributed by atoms with Crippen molar-refractivity contribution >= 4 is 27.1 Å². The number of benzene rings is 2. The predicted molar refractivity (Wildman–Crippen MR) is 99.7 cm³/mol. The number of rotatable bonds is 5. The second-order valence-electron chi connectivity index (χ2n) is 6.34. The highest BCUT2D eigenvalue weighted by atomic mass is 32.2. The van der Waals surface area contributed by atoms with Gasteiger partial charge in [0.05, 0.1) is 4.92 Å². The molecule has 0 saturated carbocycles. The minimum absolute atomic E-state index is 0.132. The highest BCUT2D eigenvalue weighted by Crippen LogP contribution is 2.35. The van der Waals surface area contributed by atoms with Crippen LogP contribution >= 0.6 is 0 Å². The maximum atomic E-state index is 13.0. The largest absolute Gasteiger partial charge is 0.382 e. The number of nitro benzene ring substituents is 1. The molecular formula is C17H19FN4O4S. The number of nitrogens with zero attached hydrogens (tertiary/aromatic N) is 2. The molecule has 0 bridgehead atoms. The molecule has 1 aliphatic rings. The van der Waals surface area contributed by atoms with Gasteiger partial charge in [0.1, 0.15) is 11.5 Å². The number of halogens is 1. The van der Waals surface area contributed by atoms with Crippen molar-refractivity contribution in [3.63, 3.8) is 0 Å². The smallest absolute Gasteiger partial charge is 0.312 e. The molecule has 27 heavy (non-hydrogen) atoms. The molecule has 0 radical (unpaired) electrons. The molecule has 0 aromatic heterocycles. The minimum atomic E-state index is -4.21. The summed E-state index contributed by atoms with van der Waals surface area (Å²) in [7, 11) is -4.21. The molecule has 0 atom stereocenters. The third kappa shape index (κ3) is 4.34. The summed E-state index contributed by atoms with van der Waals surface area (Å²) in [6.07, 6.45) is 1.38. The Morgan fingerprint density at radius 2 is 1.78 bits per heavy atom. The summed E-state index contributed by atoms with van der Waals surface area (Å²) < 4.78 is 36.4. The summed E-state index contributed by atoms with van der Waals surface area (Å²) in [5.41, 5.74) is 0.550. The quantitative estimate of drug-likeness (QED) is 0.594. The Labute approximate surface area is 156 Å². The molecule has 1 fully saturated rings. The lowest BCUT2D eigenvalue weighted by molar-refractivity contribution is -0.387. The van der Waals surface area contributed by atoms with Crippen LogP contribution in [-0.2, 0) is 10.0 Å². The SMILES string of the molecule is NS(=O)(=O)c1cccc(N2CCC(Nc3ccc(F)cc3)CC2)c1[N+](=O)[O-]. The fourth-order valence-electron chi connectivity index (χ4n) is 3.23. The van der Waals surface area contributed by atoms with E-state index in [2.05, 4.69) is 5.32 Å². The summed E-state index contributed by atoms with van der Waals surface area (Å²) in [6.45, 7) is 1.02. The summed E-state index contributed by atoms with van der Waals surface area (Å²) >= 11 is 0. The van der Waals surface area contributed by atoms with E-state index in [1.165, 1.54) is 24.3 Å². The lowest BCUT2D eigenvalue weighted by atomic mass is 10.0. The summed E-state index contributed by atoms with van der Waals surface area (Å²) in [4.78, 5) is 12.1. The highest BCUT2D eigenvalue weighted by Gasteiger charge is 2.31. The topological polar surface area (TPSA) is 119 Å². The molecule has 2 aromatic carbocycles. The molecule has 1 saturated heterocycles. The molecule has 3 rings (SSSR count). The lowest BCUT2D eigenvalue weighted by Gasteiger charge is -2.34. The van der Waals surface area contributed by atoms with Gasteiger partial charge in [-0.25, -0.2) is 17.9 Å². The Balaban J connectivity index is 1.76. The van der Waals surface area contributed by atoms with Crippen LogP contribution in [0.3, 0.4) is 0 Å². The van der Waals surface area contributed by atoms with Crippen molar-refractivity contribution in [2.24, 2.45) is 5.14 Å². The Morgan fingerprint density at radius 3 is 2.33 bits per heavy atom. The molecule has 0 unspecified atom stereocenters. The first-order valence-corrected chi connectivity index (χ1v) is 9.87. The Bertz CT molecular complexity index is 942. The van der Waals surface area contributed by atoms with Crippen molar-refractivity contribution in [2.75, 3.05) is 23.3 Å². The van der Waals surface area contributed by atoms with Crippen LogP contribution in [0.25, 0.3) is 0 Å². The third-order valence-electron chi connectivity index (χ3n) is 4.52. The number of para-hydroxylation sites is 1. The zero-order valence-corrected chi connectivity index (χ0v) is 15.2. The minimum Gasteiger partial charge on any atom is -0.382 e. The van der Waals surface area contributed by atoms with Crippen LogP contribution in [0.4, 0.5) is 21.5 Å². The van der Waals surface area contributed by atoms with Crippen LogP contribution in [0.5, 0.6) is 0 Å². The van der Waals surface area contributed by atoms with Gasteiger partial charge in [-0.05, 0) is 49.2 Å². The molecule has 10 heteroatoms. The lowest BCUT2D eigenvalue weighted by Crippen LogP contribution is -2.39. The first-order chi connectivity index (χ1) is 12.8. The average molecular weight is 394 g/mol. The van der Waals surface area contributed by atoms with Gasteiger partial charge in [-0.1, -0.05) is 6.07 Å². The molecule has 0 amide bonds. The van der Waals surface area contributed by atoms with E-state index in [-0.39, 0.29) is 17.5 Å². The predicted octanol–water partition coefficient (Wildman–Crippen LogP) is 2.46. The van der Waals surface area contributed by atoms with E-state index in [0.29, 0.717) is 25.9 Å². The monoisotopic (exact) mass is 394 g/mol.